The molecule has 0 aliphatic rings. The van der Waals surface area contributed by atoms with Crippen LogP contribution in [0.15, 0.2) is 52.3 Å². The van der Waals surface area contributed by atoms with Gasteiger partial charge in [-0.3, -0.25) is 4.79 Å². The zero-order chi connectivity index (χ0) is 17.1. The number of aliphatic hydroxyl groups is 1. The average molecular weight is 343 g/mol. The lowest BCUT2D eigenvalue weighted by atomic mass is 10.1. The van der Waals surface area contributed by atoms with Crippen LogP contribution in [0.1, 0.15) is 32.6 Å². The molecule has 4 nitrogen and oxygen atoms in total. The molecule has 1 N–H and O–H groups in total. The van der Waals surface area contributed by atoms with Crippen molar-refractivity contribution in [3.8, 4) is 0 Å². The number of allylic oxidation sites excluding steroid dienone is 1. The van der Waals surface area contributed by atoms with E-state index in [9.17, 15) is 14.3 Å². The maximum atomic E-state index is 12.9. The Hall–Kier alpha value is -2.73. The minimum Gasteiger partial charge on any atom is -0.506 e. The first kappa shape index (κ1) is 16.1. The van der Waals surface area contributed by atoms with Gasteiger partial charge in [-0.2, -0.15) is 0 Å². The van der Waals surface area contributed by atoms with Crippen molar-refractivity contribution in [3.05, 3.63) is 81.5 Å². The normalized spacial score (nSPS) is 11.7. The number of thiazole rings is 1. The van der Waals surface area contributed by atoms with Crippen molar-refractivity contribution in [3.63, 3.8) is 0 Å². The Balaban J connectivity index is 1.72. The molecule has 2 heterocycles. The van der Waals surface area contributed by atoms with Crippen molar-refractivity contribution in [1.82, 2.24) is 4.98 Å². The number of halogens is 1. The molecule has 3 aromatic rings. The molecule has 1 aromatic carbocycles. The van der Waals surface area contributed by atoms with Crippen LogP contribution in [0.25, 0.3) is 5.76 Å². The van der Waals surface area contributed by atoms with E-state index in [1.165, 1.54) is 23.5 Å². The lowest BCUT2D eigenvalue weighted by Crippen LogP contribution is -1.95. The zero-order valence-electron chi connectivity index (χ0n) is 12.8. The van der Waals surface area contributed by atoms with E-state index in [1.54, 1.807) is 29.6 Å². The van der Waals surface area contributed by atoms with Crippen molar-refractivity contribution < 1.29 is 18.7 Å². The molecule has 0 spiro atoms. The van der Waals surface area contributed by atoms with Gasteiger partial charge in [-0.05, 0) is 36.8 Å². The zero-order valence-corrected chi connectivity index (χ0v) is 13.6. The summed E-state index contributed by atoms with van der Waals surface area (Å²) >= 11 is 1.39. The lowest BCUT2D eigenvalue weighted by molar-refractivity contribution is 0.101. The summed E-state index contributed by atoms with van der Waals surface area (Å²) in [4.78, 5) is 16.3. The fourth-order valence-corrected chi connectivity index (χ4v) is 2.77. The second kappa shape index (κ2) is 6.80. The number of aliphatic hydroxyl groups excluding tert-OH is 1. The Kier molecular flexibility index (Phi) is 4.57. The fraction of sp³-hybridized carbons (Fsp3) is 0.111. The molecule has 122 valence electrons. The molecule has 24 heavy (non-hydrogen) atoms. The molecule has 2 aromatic heterocycles. The molecule has 0 radical (unpaired) electrons. The molecule has 0 aliphatic heterocycles. The second-order valence-electron chi connectivity index (χ2n) is 5.21. The van der Waals surface area contributed by atoms with E-state index in [-0.39, 0.29) is 17.3 Å². The van der Waals surface area contributed by atoms with Crippen molar-refractivity contribution in [2.45, 2.75) is 13.3 Å². The summed E-state index contributed by atoms with van der Waals surface area (Å²) in [5.41, 5.74) is 1.24. The van der Waals surface area contributed by atoms with Gasteiger partial charge in [-0.15, -0.1) is 11.3 Å². The molecule has 0 unspecified atom stereocenters. The second-order valence-corrected chi connectivity index (χ2v) is 6.28. The first-order valence-corrected chi connectivity index (χ1v) is 8.10. The molecule has 0 aliphatic carbocycles. The van der Waals surface area contributed by atoms with Gasteiger partial charge in [-0.25, -0.2) is 9.37 Å². The predicted molar refractivity (Wildman–Crippen MR) is 89.7 cm³/mol. The molecule has 0 atom stereocenters. The number of hydrogen-bond acceptors (Lipinski definition) is 5. The van der Waals surface area contributed by atoms with E-state index in [0.717, 1.165) is 16.6 Å². The van der Waals surface area contributed by atoms with Crippen LogP contribution in [0, 0.1) is 12.7 Å². The van der Waals surface area contributed by atoms with Crippen molar-refractivity contribution in [2.24, 2.45) is 0 Å². The number of nitrogens with zero attached hydrogens (tertiary/aromatic N) is 1. The molecule has 0 amide bonds. The lowest BCUT2D eigenvalue weighted by Gasteiger charge is -1.98. The summed E-state index contributed by atoms with van der Waals surface area (Å²) in [5, 5.41) is 12.4. The SMILES string of the molecule is Cc1nc(/C(O)=C\C(=O)c2ccc(Cc3ccc(F)cc3)o2)cs1. The minimum atomic E-state index is -0.441. The Bertz CT molecular complexity index is 893. The van der Waals surface area contributed by atoms with Crippen LogP contribution in [0.4, 0.5) is 4.39 Å². The van der Waals surface area contributed by atoms with E-state index in [4.69, 9.17) is 4.42 Å². The summed E-state index contributed by atoms with van der Waals surface area (Å²) in [6.45, 7) is 1.82. The summed E-state index contributed by atoms with van der Waals surface area (Å²) in [6, 6.07) is 9.32. The number of furan rings is 1. The fourth-order valence-electron chi connectivity index (χ4n) is 2.16. The molecule has 3 rings (SSSR count). The Labute approximate surface area is 141 Å². The minimum absolute atomic E-state index is 0.130. The molecule has 0 fully saturated rings. The Morgan fingerprint density at radius 3 is 2.71 bits per heavy atom. The third kappa shape index (κ3) is 3.78. The van der Waals surface area contributed by atoms with Gasteiger partial charge in [0, 0.05) is 17.9 Å². The van der Waals surface area contributed by atoms with E-state index in [1.807, 2.05) is 6.92 Å². The quantitative estimate of drug-likeness (QED) is 0.419. The van der Waals surface area contributed by atoms with E-state index < -0.39 is 5.78 Å². The molecular formula is C18H14FNO3S. The molecule has 0 bridgehead atoms. The predicted octanol–water partition coefficient (Wildman–Crippen LogP) is 4.56. The van der Waals surface area contributed by atoms with Crippen LogP contribution < -0.4 is 0 Å². The maximum Gasteiger partial charge on any atom is 0.224 e. The number of carbonyl (C=O) groups excluding carboxylic acids is 1. The Morgan fingerprint density at radius 2 is 2.04 bits per heavy atom. The van der Waals surface area contributed by atoms with Gasteiger partial charge in [0.15, 0.2) is 5.76 Å². The highest BCUT2D eigenvalue weighted by molar-refractivity contribution is 7.09. The third-order valence-corrected chi connectivity index (χ3v) is 4.12. The highest BCUT2D eigenvalue weighted by atomic mass is 32.1. The van der Waals surface area contributed by atoms with E-state index in [0.29, 0.717) is 17.9 Å². The molecule has 0 saturated carbocycles. The van der Waals surface area contributed by atoms with E-state index >= 15 is 0 Å². The third-order valence-electron chi connectivity index (χ3n) is 3.35. The summed E-state index contributed by atoms with van der Waals surface area (Å²) in [6.07, 6.45) is 1.55. The number of aryl methyl sites for hydroxylation is 1. The monoisotopic (exact) mass is 343 g/mol. The Morgan fingerprint density at radius 1 is 1.29 bits per heavy atom. The van der Waals surface area contributed by atoms with Crippen LogP contribution in [0.3, 0.4) is 0 Å². The smallest absolute Gasteiger partial charge is 0.224 e. The van der Waals surface area contributed by atoms with Gasteiger partial charge >= 0.3 is 0 Å². The summed E-state index contributed by atoms with van der Waals surface area (Å²) < 4.78 is 18.4. The topological polar surface area (TPSA) is 63.3 Å². The van der Waals surface area contributed by atoms with Gasteiger partial charge in [0.05, 0.1) is 5.01 Å². The number of rotatable bonds is 5. The highest BCUT2D eigenvalue weighted by Crippen LogP contribution is 2.18. The standard InChI is InChI=1S/C18H14FNO3S/c1-11-20-15(10-24-11)16(21)9-17(22)18-7-6-14(23-18)8-12-2-4-13(19)5-3-12/h2-7,9-10,21H,8H2,1H3/b16-9+. The van der Waals surface area contributed by atoms with Crippen LogP contribution >= 0.6 is 11.3 Å². The number of ketones is 1. The van der Waals surface area contributed by atoms with Crippen molar-refractivity contribution in [2.75, 3.05) is 0 Å². The van der Waals surface area contributed by atoms with Gasteiger partial charge in [0.2, 0.25) is 5.78 Å². The van der Waals surface area contributed by atoms with Crippen LogP contribution in [-0.4, -0.2) is 15.9 Å². The largest absolute Gasteiger partial charge is 0.506 e. The summed E-state index contributed by atoms with van der Waals surface area (Å²) in [7, 11) is 0. The number of benzene rings is 1. The van der Waals surface area contributed by atoms with Gasteiger partial charge < -0.3 is 9.52 Å². The molecule has 0 saturated heterocycles. The van der Waals surface area contributed by atoms with E-state index in [2.05, 4.69) is 4.98 Å². The first-order valence-electron chi connectivity index (χ1n) is 7.22. The van der Waals surface area contributed by atoms with Crippen molar-refractivity contribution in [1.29, 1.82) is 0 Å². The summed E-state index contributed by atoms with van der Waals surface area (Å²) in [5.74, 6) is -0.218. The van der Waals surface area contributed by atoms with Crippen LogP contribution in [0.5, 0.6) is 0 Å². The highest BCUT2D eigenvalue weighted by Gasteiger charge is 2.12. The van der Waals surface area contributed by atoms with Crippen LogP contribution in [0.2, 0.25) is 0 Å². The van der Waals surface area contributed by atoms with Gasteiger partial charge in [0.1, 0.15) is 23.0 Å². The number of aromatic nitrogens is 1. The van der Waals surface area contributed by atoms with Gasteiger partial charge in [0.25, 0.3) is 0 Å². The first-order chi connectivity index (χ1) is 11.5. The number of carbonyl (C=O) groups is 1. The van der Waals surface area contributed by atoms with Crippen LogP contribution in [-0.2, 0) is 6.42 Å². The average Bonchev–Trinajstić information content (AvgIpc) is 3.19. The maximum absolute atomic E-state index is 12.9. The molecular weight excluding hydrogens is 329 g/mol. The number of hydrogen-bond donors (Lipinski definition) is 1. The van der Waals surface area contributed by atoms with Gasteiger partial charge in [-0.1, -0.05) is 12.1 Å². The molecule has 6 heteroatoms. The van der Waals surface area contributed by atoms with Crippen molar-refractivity contribution >= 4 is 22.9 Å².